The average molecular weight is 420 g/mol. The highest BCUT2D eigenvalue weighted by Gasteiger charge is 2.11. The lowest BCUT2D eigenvalue weighted by Gasteiger charge is -2.19. The number of H-pyrrole nitrogens is 1. The fraction of sp³-hybridized carbons (Fsp3) is 0.571. The molecule has 0 atom stereocenters. The summed E-state index contributed by atoms with van der Waals surface area (Å²) in [6.45, 7) is 14.9. The van der Waals surface area contributed by atoms with E-state index in [1.807, 2.05) is 0 Å². The van der Waals surface area contributed by atoms with Gasteiger partial charge in [-0.1, -0.05) is 27.7 Å². The van der Waals surface area contributed by atoms with Crippen molar-refractivity contribution in [3.63, 3.8) is 0 Å². The molecule has 0 aliphatic rings. The molecule has 0 fully saturated rings. The van der Waals surface area contributed by atoms with Crippen molar-refractivity contribution in [2.24, 2.45) is 0 Å². The highest BCUT2D eigenvalue weighted by atomic mass is 32.1. The first-order chi connectivity index (χ1) is 13.9. The van der Waals surface area contributed by atoms with Gasteiger partial charge < -0.3 is 20.1 Å². The number of nitrogens with one attached hydrogen (secondary N) is 2. The van der Waals surface area contributed by atoms with E-state index in [-0.39, 0.29) is 11.5 Å². The van der Waals surface area contributed by atoms with Gasteiger partial charge >= 0.3 is 0 Å². The summed E-state index contributed by atoms with van der Waals surface area (Å²) in [6, 6.07) is 5.10. The van der Waals surface area contributed by atoms with Crippen LogP contribution >= 0.6 is 12.2 Å². The molecule has 1 heterocycles. The minimum absolute atomic E-state index is 0.121. The van der Waals surface area contributed by atoms with Gasteiger partial charge in [-0.15, -0.1) is 0 Å². The first-order valence-corrected chi connectivity index (χ1v) is 10.9. The second-order valence-electron chi connectivity index (χ2n) is 6.96. The summed E-state index contributed by atoms with van der Waals surface area (Å²) in [7, 11) is 0. The third-order valence-corrected chi connectivity index (χ3v) is 5.71. The van der Waals surface area contributed by atoms with Crippen molar-refractivity contribution < 1.29 is 4.79 Å². The van der Waals surface area contributed by atoms with Crippen LogP contribution in [0.2, 0.25) is 0 Å². The minimum Gasteiger partial charge on any atom is -0.351 e. The van der Waals surface area contributed by atoms with Crippen LogP contribution in [-0.4, -0.2) is 71.1 Å². The van der Waals surface area contributed by atoms with Crippen LogP contribution in [0.25, 0.3) is 10.9 Å². The Kier molecular flexibility index (Phi) is 9.00. The zero-order chi connectivity index (χ0) is 21.4. The fourth-order valence-electron chi connectivity index (χ4n) is 3.35. The van der Waals surface area contributed by atoms with Crippen molar-refractivity contribution in [2.45, 2.75) is 34.2 Å². The van der Waals surface area contributed by atoms with Crippen LogP contribution in [0, 0.1) is 4.77 Å². The van der Waals surface area contributed by atoms with Gasteiger partial charge in [0, 0.05) is 31.7 Å². The summed E-state index contributed by atoms with van der Waals surface area (Å²) in [5, 5.41) is 3.48. The maximum absolute atomic E-state index is 12.9. The number of nitrogens with zero attached hydrogens (tertiary/aromatic N) is 3. The molecule has 2 N–H and O–H groups in total. The normalized spacial score (nSPS) is 11.5. The Hall–Kier alpha value is -2.03. The third kappa shape index (κ3) is 5.98. The molecule has 0 spiro atoms. The van der Waals surface area contributed by atoms with Gasteiger partial charge in [0.2, 0.25) is 0 Å². The van der Waals surface area contributed by atoms with Gasteiger partial charge in [0.1, 0.15) is 0 Å². The molecule has 2 rings (SSSR count). The number of aromatic amines is 1. The molecule has 0 radical (unpaired) electrons. The molecule has 0 saturated heterocycles. The lowest BCUT2D eigenvalue weighted by molar-refractivity contribution is 0.0949. The van der Waals surface area contributed by atoms with Crippen LogP contribution in [0.3, 0.4) is 0 Å². The number of amides is 1. The lowest BCUT2D eigenvalue weighted by Crippen LogP contribution is -2.34. The number of hydrogen-bond acceptors (Lipinski definition) is 5. The Morgan fingerprint density at radius 2 is 1.69 bits per heavy atom. The molecular weight excluding hydrogens is 386 g/mol. The number of hydrogen-bond donors (Lipinski definition) is 2. The molecule has 2 aromatic rings. The average Bonchev–Trinajstić information content (AvgIpc) is 2.73. The number of likely N-dealkylation sites (N-methyl/N-ethyl adjacent to an activating group) is 2. The predicted octanol–water partition coefficient (Wildman–Crippen LogP) is 2.47. The largest absolute Gasteiger partial charge is 0.351 e. The summed E-state index contributed by atoms with van der Waals surface area (Å²) in [5.41, 5.74) is 0.989. The Labute approximate surface area is 177 Å². The summed E-state index contributed by atoms with van der Waals surface area (Å²) in [6.07, 6.45) is 0. The Balaban J connectivity index is 2.18. The van der Waals surface area contributed by atoms with E-state index in [4.69, 9.17) is 12.2 Å². The zero-order valence-corrected chi connectivity index (χ0v) is 18.8. The molecule has 0 saturated carbocycles. The highest BCUT2D eigenvalue weighted by molar-refractivity contribution is 7.71. The molecule has 0 bridgehead atoms. The lowest BCUT2D eigenvalue weighted by atomic mass is 10.1. The van der Waals surface area contributed by atoms with Gasteiger partial charge in [-0.05, 0) is 56.6 Å². The fourth-order valence-corrected chi connectivity index (χ4v) is 3.63. The molecule has 1 aromatic carbocycles. The van der Waals surface area contributed by atoms with Crippen molar-refractivity contribution in [2.75, 3.05) is 45.8 Å². The van der Waals surface area contributed by atoms with Crippen LogP contribution in [0.15, 0.2) is 23.0 Å². The summed E-state index contributed by atoms with van der Waals surface area (Å²) in [4.78, 5) is 33.0. The molecule has 7 nitrogen and oxygen atoms in total. The van der Waals surface area contributed by atoms with Gasteiger partial charge in [0.15, 0.2) is 4.77 Å². The van der Waals surface area contributed by atoms with Crippen LogP contribution in [0.5, 0.6) is 0 Å². The molecule has 1 amide bonds. The van der Waals surface area contributed by atoms with E-state index < -0.39 is 0 Å². The van der Waals surface area contributed by atoms with E-state index in [0.717, 1.165) is 39.3 Å². The van der Waals surface area contributed by atoms with Crippen molar-refractivity contribution in [3.05, 3.63) is 38.9 Å². The molecule has 1 aromatic heterocycles. The first-order valence-electron chi connectivity index (χ1n) is 10.4. The van der Waals surface area contributed by atoms with E-state index in [1.54, 1.807) is 22.8 Å². The van der Waals surface area contributed by atoms with E-state index in [1.165, 1.54) is 0 Å². The topological polar surface area (TPSA) is 73.4 Å². The monoisotopic (exact) mass is 419 g/mol. The second kappa shape index (κ2) is 11.2. The Morgan fingerprint density at radius 1 is 1.07 bits per heavy atom. The Morgan fingerprint density at radius 3 is 2.31 bits per heavy atom. The van der Waals surface area contributed by atoms with E-state index in [0.29, 0.717) is 34.3 Å². The molecule has 0 aliphatic carbocycles. The van der Waals surface area contributed by atoms with Gasteiger partial charge in [0.05, 0.1) is 10.9 Å². The smallest absolute Gasteiger partial charge is 0.262 e. The number of rotatable bonds is 11. The Bertz CT molecular complexity index is 929. The van der Waals surface area contributed by atoms with Crippen LogP contribution < -0.4 is 10.9 Å². The number of benzene rings is 1. The maximum atomic E-state index is 12.9. The quantitative estimate of drug-likeness (QED) is 0.548. The standard InChI is InChI=1S/C21H33N5O2S/c1-5-24(6-2)12-11-22-19(27)16-9-10-17-18(15-16)23-21(29)26(20(17)28)14-13-25(7-3)8-4/h9-10,15H,5-8,11-14H2,1-4H3,(H,22,27)(H,23,29). The minimum atomic E-state index is -0.149. The predicted molar refractivity (Wildman–Crippen MR) is 121 cm³/mol. The van der Waals surface area contributed by atoms with E-state index >= 15 is 0 Å². The molecular formula is C21H33N5O2S. The van der Waals surface area contributed by atoms with E-state index in [2.05, 4.69) is 47.8 Å². The maximum Gasteiger partial charge on any atom is 0.262 e. The third-order valence-electron chi connectivity index (χ3n) is 5.39. The van der Waals surface area contributed by atoms with Gasteiger partial charge in [0.25, 0.3) is 11.5 Å². The number of fused-ring (bicyclic) bond motifs is 1. The second-order valence-corrected chi connectivity index (χ2v) is 7.34. The molecule has 0 aliphatic heterocycles. The molecule has 0 unspecified atom stereocenters. The summed E-state index contributed by atoms with van der Waals surface area (Å²) < 4.78 is 1.98. The van der Waals surface area contributed by atoms with Crippen molar-refractivity contribution >= 4 is 29.0 Å². The SMILES string of the molecule is CCN(CC)CCNC(=O)c1ccc2c(=O)n(CCN(CC)CC)c(=S)[nH]c2c1. The molecule has 160 valence electrons. The van der Waals surface area contributed by atoms with Crippen molar-refractivity contribution in [3.8, 4) is 0 Å². The summed E-state index contributed by atoms with van der Waals surface area (Å²) in [5.74, 6) is -0.149. The highest BCUT2D eigenvalue weighted by Crippen LogP contribution is 2.11. The van der Waals surface area contributed by atoms with Crippen LogP contribution in [0.4, 0.5) is 0 Å². The van der Waals surface area contributed by atoms with Crippen molar-refractivity contribution in [1.29, 1.82) is 0 Å². The van der Waals surface area contributed by atoms with Crippen molar-refractivity contribution in [1.82, 2.24) is 24.7 Å². The molecule has 8 heteroatoms. The van der Waals surface area contributed by atoms with Gasteiger partial charge in [-0.3, -0.25) is 14.2 Å². The van der Waals surface area contributed by atoms with Gasteiger partial charge in [-0.2, -0.15) is 0 Å². The van der Waals surface area contributed by atoms with Crippen LogP contribution in [-0.2, 0) is 6.54 Å². The van der Waals surface area contributed by atoms with Crippen LogP contribution in [0.1, 0.15) is 38.1 Å². The summed E-state index contributed by atoms with van der Waals surface area (Å²) >= 11 is 5.41. The molecule has 29 heavy (non-hydrogen) atoms. The number of carbonyl (C=O) groups is 1. The number of aromatic nitrogens is 2. The van der Waals surface area contributed by atoms with E-state index in [9.17, 15) is 9.59 Å². The van der Waals surface area contributed by atoms with Gasteiger partial charge in [-0.25, -0.2) is 0 Å². The first kappa shape index (κ1) is 23.3. The number of carbonyl (C=O) groups excluding carboxylic acids is 1. The zero-order valence-electron chi connectivity index (χ0n) is 18.0.